The Morgan fingerprint density at radius 3 is 2.39 bits per heavy atom. The molecule has 3 aromatic carbocycles. The van der Waals surface area contributed by atoms with E-state index in [4.69, 9.17) is 9.47 Å². The molecule has 0 saturated heterocycles. The van der Waals surface area contributed by atoms with E-state index in [0.717, 1.165) is 24.6 Å². The van der Waals surface area contributed by atoms with Gasteiger partial charge in [-0.1, -0.05) is 36.4 Å². The van der Waals surface area contributed by atoms with Crippen molar-refractivity contribution in [2.45, 2.75) is 13.1 Å². The molecule has 0 heterocycles. The number of fused-ring (bicyclic) bond motifs is 1. The SMILES string of the molecule is COc1ccc2cc(CNCc3ccccc3OC)ccc2c1. The van der Waals surface area contributed by atoms with Crippen molar-refractivity contribution >= 4 is 10.8 Å². The highest BCUT2D eigenvalue weighted by Crippen LogP contribution is 2.22. The van der Waals surface area contributed by atoms with Gasteiger partial charge in [-0.2, -0.15) is 0 Å². The zero-order valence-electron chi connectivity index (χ0n) is 13.5. The van der Waals surface area contributed by atoms with Crippen LogP contribution < -0.4 is 14.8 Å². The lowest BCUT2D eigenvalue weighted by molar-refractivity contribution is 0.407. The molecule has 3 rings (SSSR count). The minimum atomic E-state index is 0.782. The second-order valence-electron chi connectivity index (χ2n) is 5.46. The number of para-hydroxylation sites is 1. The Balaban J connectivity index is 1.67. The molecule has 0 radical (unpaired) electrons. The summed E-state index contributed by atoms with van der Waals surface area (Å²) in [6.45, 7) is 1.60. The normalized spacial score (nSPS) is 10.7. The Morgan fingerprint density at radius 1 is 0.783 bits per heavy atom. The van der Waals surface area contributed by atoms with Crippen LogP contribution in [-0.2, 0) is 13.1 Å². The van der Waals surface area contributed by atoms with Crippen molar-refractivity contribution in [1.82, 2.24) is 5.32 Å². The number of nitrogens with one attached hydrogen (secondary N) is 1. The Bertz CT molecular complexity index is 799. The van der Waals surface area contributed by atoms with Gasteiger partial charge in [0.2, 0.25) is 0 Å². The lowest BCUT2D eigenvalue weighted by atomic mass is 10.1. The van der Waals surface area contributed by atoms with E-state index in [-0.39, 0.29) is 0 Å². The molecule has 0 spiro atoms. The van der Waals surface area contributed by atoms with Crippen LogP contribution in [0, 0.1) is 0 Å². The molecule has 23 heavy (non-hydrogen) atoms. The summed E-state index contributed by atoms with van der Waals surface area (Å²) in [5.74, 6) is 1.81. The van der Waals surface area contributed by atoms with Crippen LogP contribution in [0.5, 0.6) is 11.5 Å². The molecule has 0 aromatic heterocycles. The van der Waals surface area contributed by atoms with E-state index in [0.29, 0.717) is 0 Å². The van der Waals surface area contributed by atoms with Gasteiger partial charge in [0.05, 0.1) is 14.2 Å². The molecule has 0 aliphatic rings. The zero-order chi connectivity index (χ0) is 16.1. The first kappa shape index (κ1) is 15.4. The molecule has 0 aliphatic heterocycles. The van der Waals surface area contributed by atoms with E-state index >= 15 is 0 Å². The van der Waals surface area contributed by atoms with Crippen molar-refractivity contribution in [3.05, 3.63) is 71.8 Å². The maximum Gasteiger partial charge on any atom is 0.123 e. The first-order valence-electron chi connectivity index (χ1n) is 7.69. The lowest BCUT2D eigenvalue weighted by Crippen LogP contribution is -2.13. The van der Waals surface area contributed by atoms with Gasteiger partial charge >= 0.3 is 0 Å². The van der Waals surface area contributed by atoms with E-state index in [1.165, 1.54) is 21.9 Å². The van der Waals surface area contributed by atoms with Gasteiger partial charge in [-0.25, -0.2) is 0 Å². The molecule has 1 N–H and O–H groups in total. The molecule has 3 nitrogen and oxygen atoms in total. The average Bonchev–Trinajstić information content (AvgIpc) is 2.61. The van der Waals surface area contributed by atoms with Crippen LogP contribution in [0.4, 0.5) is 0 Å². The monoisotopic (exact) mass is 307 g/mol. The van der Waals surface area contributed by atoms with E-state index in [2.05, 4.69) is 41.7 Å². The van der Waals surface area contributed by atoms with Crippen molar-refractivity contribution in [3.63, 3.8) is 0 Å². The first-order chi connectivity index (χ1) is 11.3. The summed E-state index contributed by atoms with van der Waals surface area (Å²) in [7, 11) is 3.40. The van der Waals surface area contributed by atoms with E-state index < -0.39 is 0 Å². The second kappa shape index (κ2) is 7.16. The van der Waals surface area contributed by atoms with Crippen molar-refractivity contribution in [2.24, 2.45) is 0 Å². The van der Waals surface area contributed by atoms with Crippen LogP contribution in [0.1, 0.15) is 11.1 Å². The van der Waals surface area contributed by atoms with Crippen LogP contribution >= 0.6 is 0 Å². The van der Waals surface area contributed by atoms with Crippen molar-refractivity contribution in [1.29, 1.82) is 0 Å². The summed E-state index contributed by atoms with van der Waals surface area (Å²) >= 11 is 0. The van der Waals surface area contributed by atoms with Crippen molar-refractivity contribution in [3.8, 4) is 11.5 Å². The Kier molecular flexibility index (Phi) is 4.79. The maximum absolute atomic E-state index is 5.38. The third-order valence-electron chi connectivity index (χ3n) is 3.95. The van der Waals surface area contributed by atoms with Gasteiger partial charge in [-0.15, -0.1) is 0 Å². The van der Waals surface area contributed by atoms with E-state index in [9.17, 15) is 0 Å². The molecular weight excluding hydrogens is 286 g/mol. The van der Waals surface area contributed by atoms with Gasteiger partial charge in [0.1, 0.15) is 11.5 Å². The summed E-state index contributed by atoms with van der Waals surface area (Å²) in [5.41, 5.74) is 2.43. The molecule has 3 aromatic rings. The Hall–Kier alpha value is -2.52. The van der Waals surface area contributed by atoms with Gasteiger partial charge in [-0.3, -0.25) is 0 Å². The van der Waals surface area contributed by atoms with Gasteiger partial charge in [0.25, 0.3) is 0 Å². The number of hydrogen-bond acceptors (Lipinski definition) is 3. The number of ether oxygens (including phenoxy) is 2. The van der Waals surface area contributed by atoms with Crippen LogP contribution in [-0.4, -0.2) is 14.2 Å². The highest BCUT2D eigenvalue weighted by atomic mass is 16.5. The average molecular weight is 307 g/mol. The van der Waals surface area contributed by atoms with Crippen LogP contribution in [0.3, 0.4) is 0 Å². The van der Waals surface area contributed by atoms with Gasteiger partial charge in [0.15, 0.2) is 0 Å². The van der Waals surface area contributed by atoms with Gasteiger partial charge < -0.3 is 14.8 Å². The lowest BCUT2D eigenvalue weighted by Gasteiger charge is -2.10. The summed E-state index contributed by atoms with van der Waals surface area (Å²) in [6.07, 6.45) is 0. The molecular formula is C20H21NO2. The Morgan fingerprint density at radius 2 is 1.57 bits per heavy atom. The summed E-state index contributed by atoms with van der Waals surface area (Å²) < 4.78 is 10.6. The molecule has 0 unspecified atom stereocenters. The quantitative estimate of drug-likeness (QED) is 0.742. The molecule has 0 saturated carbocycles. The highest BCUT2D eigenvalue weighted by molar-refractivity contribution is 5.84. The predicted molar refractivity (Wildman–Crippen MR) is 94.0 cm³/mol. The smallest absolute Gasteiger partial charge is 0.123 e. The largest absolute Gasteiger partial charge is 0.497 e. The third-order valence-corrected chi connectivity index (χ3v) is 3.95. The number of benzene rings is 3. The van der Waals surface area contributed by atoms with Crippen LogP contribution in [0.15, 0.2) is 60.7 Å². The molecule has 3 heteroatoms. The summed E-state index contributed by atoms with van der Waals surface area (Å²) in [6, 6.07) is 20.7. The minimum Gasteiger partial charge on any atom is -0.497 e. The van der Waals surface area contributed by atoms with Crippen molar-refractivity contribution in [2.75, 3.05) is 14.2 Å². The van der Waals surface area contributed by atoms with Crippen LogP contribution in [0.2, 0.25) is 0 Å². The number of methoxy groups -OCH3 is 2. The molecule has 0 bridgehead atoms. The fraction of sp³-hybridized carbons (Fsp3) is 0.200. The van der Waals surface area contributed by atoms with Gasteiger partial charge in [-0.05, 0) is 40.6 Å². The maximum atomic E-state index is 5.38. The van der Waals surface area contributed by atoms with Crippen LogP contribution in [0.25, 0.3) is 10.8 Å². The fourth-order valence-electron chi connectivity index (χ4n) is 2.70. The molecule has 0 amide bonds. The highest BCUT2D eigenvalue weighted by Gasteiger charge is 2.02. The first-order valence-corrected chi connectivity index (χ1v) is 7.69. The number of rotatable bonds is 6. The van der Waals surface area contributed by atoms with Crippen molar-refractivity contribution < 1.29 is 9.47 Å². The second-order valence-corrected chi connectivity index (χ2v) is 5.46. The number of hydrogen-bond donors (Lipinski definition) is 1. The predicted octanol–water partition coefficient (Wildman–Crippen LogP) is 4.15. The standard InChI is InChI=1S/C20H21NO2/c1-22-19-10-9-16-11-15(7-8-17(16)12-19)13-21-14-18-5-3-4-6-20(18)23-2/h3-12,21H,13-14H2,1-2H3. The summed E-state index contributed by atoms with van der Waals surface area (Å²) in [5, 5.41) is 5.89. The molecule has 0 fully saturated rings. The van der Waals surface area contributed by atoms with E-state index in [1.807, 2.05) is 24.3 Å². The Labute approximate surface area is 136 Å². The third kappa shape index (κ3) is 3.63. The molecule has 0 aliphatic carbocycles. The topological polar surface area (TPSA) is 30.5 Å². The molecule has 0 atom stereocenters. The molecule has 118 valence electrons. The zero-order valence-corrected chi connectivity index (χ0v) is 13.5. The van der Waals surface area contributed by atoms with Gasteiger partial charge in [0, 0.05) is 18.7 Å². The summed E-state index contributed by atoms with van der Waals surface area (Å²) in [4.78, 5) is 0. The minimum absolute atomic E-state index is 0.782. The van der Waals surface area contributed by atoms with E-state index in [1.54, 1.807) is 14.2 Å². The fourth-order valence-corrected chi connectivity index (χ4v) is 2.70.